The fraction of sp³-hybridized carbons (Fsp3) is 0.200. The van der Waals surface area contributed by atoms with Crippen molar-refractivity contribution in [1.82, 2.24) is 9.97 Å². The Morgan fingerprint density at radius 2 is 1.92 bits per heavy atom. The Hall–Kier alpha value is -2.79. The molecule has 1 aromatic heterocycles. The molecule has 0 aliphatic rings. The second kappa shape index (κ2) is 9.06. The first-order valence-corrected chi connectivity index (χ1v) is 8.84. The molecule has 0 radical (unpaired) electrons. The highest BCUT2D eigenvalue weighted by molar-refractivity contribution is 6.32. The van der Waals surface area contributed by atoms with Crippen LogP contribution in [-0.2, 0) is 6.42 Å². The molecular weight excluding hydrogens is 348 g/mol. The average molecular weight is 369 g/mol. The van der Waals surface area contributed by atoms with E-state index in [2.05, 4.69) is 44.9 Å². The molecule has 0 unspecified atom stereocenters. The van der Waals surface area contributed by atoms with Crippen molar-refractivity contribution in [3.8, 4) is 5.75 Å². The van der Waals surface area contributed by atoms with Gasteiger partial charge in [0.15, 0.2) is 0 Å². The topological polar surface area (TPSA) is 59.1 Å². The zero-order valence-electron chi connectivity index (χ0n) is 14.6. The zero-order chi connectivity index (χ0) is 18.2. The van der Waals surface area contributed by atoms with Gasteiger partial charge in [-0.3, -0.25) is 0 Å². The highest BCUT2D eigenvalue weighted by Gasteiger charge is 2.04. The van der Waals surface area contributed by atoms with Gasteiger partial charge in [0.1, 0.15) is 11.6 Å². The monoisotopic (exact) mass is 368 g/mol. The number of aryl methyl sites for hydroxylation is 1. The Bertz CT molecular complexity index is 842. The SMILES string of the molecule is COc1ccc(Nc2nccc(NCCCc3ccccc3)n2)cc1Cl. The maximum absolute atomic E-state index is 6.14. The van der Waals surface area contributed by atoms with Crippen molar-refractivity contribution in [1.29, 1.82) is 0 Å². The number of benzene rings is 2. The van der Waals surface area contributed by atoms with Gasteiger partial charge in [0.05, 0.1) is 12.1 Å². The number of aromatic nitrogens is 2. The number of methoxy groups -OCH3 is 1. The van der Waals surface area contributed by atoms with Crippen molar-refractivity contribution < 1.29 is 4.74 Å². The molecule has 3 rings (SSSR count). The van der Waals surface area contributed by atoms with Crippen LogP contribution in [0, 0.1) is 0 Å². The minimum absolute atomic E-state index is 0.513. The standard InChI is InChI=1S/C20H21ClN4O/c1-26-18-10-9-16(14-17(18)21)24-20-23-13-11-19(25-20)22-12-5-8-15-6-3-2-4-7-15/h2-4,6-7,9-11,13-14H,5,8,12H2,1H3,(H2,22,23,24,25). The Morgan fingerprint density at radius 1 is 1.08 bits per heavy atom. The van der Waals surface area contributed by atoms with Crippen LogP contribution in [0.2, 0.25) is 5.02 Å². The molecule has 0 fully saturated rings. The maximum Gasteiger partial charge on any atom is 0.229 e. The highest BCUT2D eigenvalue weighted by Crippen LogP contribution is 2.28. The summed E-state index contributed by atoms with van der Waals surface area (Å²) in [6.07, 6.45) is 3.79. The van der Waals surface area contributed by atoms with Crippen molar-refractivity contribution in [2.75, 3.05) is 24.3 Å². The summed E-state index contributed by atoms with van der Waals surface area (Å²) in [5.74, 6) is 1.93. The minimum atomic E-state index is 0.513. The summed E-state index contributed by atoms with van der Waals surface area (Å²) in [6.45, 7) is 0.847. The number of halogens is 1. The van der Waals surface area contributed by atoms with Crippen LogP contribution in [0.15, 0.2) is 60.8 Å². The second-order valence-electron chi connectivity index (χ2n) is 5.76. The lowest BCUT2D eigenvalue weighted by Crippen LogP contribution is -2.06. The lowest BCUT2D eigenvalue weighted by molar-refractivity contribution is 0.415. The summed E-state index contributed by atoms with van der Waals surface area (Å²) in [7, 11) is 1.59. The number of ether oxygens (including phenoxy) is 1. The van der Waals surface area contributed by atoms with E-state index in [0.29, 0.717) is 16.7 Å². The van der Waals surface area contributed by atoms with E-state index in [0.717, 1.165) is 30.9 Å². The lowest BCUT2D eigenvalue weighted by Gasteiger charge is -2.10. The summed E-state index contributed by atoms with van der Waals surface area (Å²) in [6, 6.07) is 17.8. The summed E-state index contributed by atoms with van der Waals surface area (Å²) in [5.41, 5.74) is 2.15. The molecule has 0 saturated heterocycles. The summed E-state index contributed by atoms with van der Waals surface area (Å²) < 4.78 is 5.16. The van der Waals surface area contributed by atoms with E-state index in [1.807, 2.05) is 18.2 Å². The van der Waals surface area contributed by atoms with Crippen molar-refractivity contribution in [2.45, 2.75) is 12.8 Å². The van der Waals surface area contributed by atoms with Crippen molar-refractivity contribution >= 4 is 29.1 Å². The molecule has 0 saturated carbocycles. The van der Waals surface area contributed by atoms with Gasteiger partial charge < -0.3 is 15.4 Å². The second-order valence-corrected chi connectivity index (χ2v) is 6.16. The van der Waals surface area contributed by atoms with Gasteiger partial charge in [0.25, 0.3) is 0 Å². The largest absolute Gasteiger partial charge is 0.495 e. The molecule has 134 valence electrons. The third kappa shape index (κ3) is 5.10. The van der Waals surface area contributed by atoms with Gasteiger partial charge in [-0.25, -0.2) is 4.98 Å². The van der Waals surface area contributed by atoms with Gasteiger partial charge in [-0.05, 0) is 42.7 Å². The Kier molecular flexibility index (Phi) is 6.28. The summed E-state index contributed by atoms with van der Waals surface area (Å²) in [4.78, 5) is 8.72. The highest BCUT2D eigenvalue weighted by atomic mass is 35.5. The van der Waals surface area contributed by atoms with Gasteiger partial charge in [0, 0.05) is 18.4 Å². The van der Waals surface area contributed by atoms with Gasteiger partial charge >= 0.3 is 0 Å². The predicted molar refractivity (Wildman–Crippen MR) is 107 cm³/mol. The van der Waals surface area contributed by atoms with Crippen LogP contribution in [0.1, 0.15) is 12.0 Å². The number of anilines is 3. The molecular formula is C20H21ClN4O. The van der Waals surface area contributed by atoms with Crippen molar-refractivity contribution in [3.63, 3.8) is 0 Å². The fourth-order valence-electron chi connectivity index (χ4n) is 2.54. The number of hydrogen-bond acceptors (Lipinski definition) is 5. The van der Waals surface area contributed by atoms with E-state index >= 15 is 0 Å². The molecule has 0 atom stereocenters. The smallest absolute Gasteiger partial charge is 0.229 e. The molecule has 0 amide bonds. The average Bonchev–Trinajstić information content (AvgIpc) is 2.67. The molecule has 5 nitrogen and oxygen atoms in total. The lowest BCUT2D eigenvalue weighted by atomic mass is 10.1. The quantitative estimate of drug-likeness (QED) is 0.552. The predicted octanol–water partition coefficient (Wildman–Crippen LogP) is 4.93. The molecule has 3 aromatic rings. The minimum Gasteiger partial charge on any atom is -0.495 e. The maximum atomic E-state index is 6.14. The van der Waals surface area contributed by atoms with Crippen molar-refractivity contribution in [2.24, 2.45) is 0 Å². The van der Waals surface area contributed by atoms with Crippen LogP contribution in [0.25, 0.3) is 0 Å². The van der Waals surface area contributed by atoms with E-state index in [9.17, 15) is 0 Å². The van der Waals surface area contributed by atoms with Crippen LogP contribution in [0.4, 0.5) is 17.5 Å². The number of nitrogens with zero attached hydrogens (tertiary/aromatic N) is 2. The molecule has 6 heteroatoms. The zero-order valence-corrected chi connectivity index (χ0v) is 15.3. The first kappa shape index (κ1) is 18.0. The van der Waals surface area contributed by atoms with Gasteiger partial charge in [-0.2, -0.15) is 4.98 Å². The third-order valence-corrected chi connectivity index (χ3v) is 4.15. The molecule has 0 bridgehead atoms. The molecule has 2 aromatic carbocycles. The molecule has 0 aliphatic heterocycles. The molecule has 0 spiro atoms. The normalized spacial score (nSPS) is 10.4. The summed E-state index contributed by atoms with van der Waals surface area (Å²) in [5, 5.41) is 7.02. The Balaban J connectivity index is 1.53. The van der Waals surface area contributed by atoms with Crippen LogP contribution in [0.3, 0.4) is 0 Å². The Morgan fingerprint density at radius 3 is 2.69 bits per heavy atom. The molecule has 0 aliphatic carbocycles. The van der Waals surface area contributed by atoms with E-state index in [-0.39, 0.29) is 0 Å². The third-order valence-electron chi connectivity index (χ3n) is 3.85. The number of nitrogens with one attached hydrogen (secondary N) is 2. The molecule has 1 heterocycles. The molecule has 2 N–H and O–H groups in total. The van der Waals surface area contributed by atoms with E-state index in [1.165, 1.54) is 5.56 Å². The van der Waals surface area contributed by atoms with Crippen molar-refractivity contribution in [3.05, 3.63) is 71.4 Å². The first-order chi connectivity index (χ1) is 12.7. The molecule has 26 heavy (non-hydrogen) atoms. The first-order valence-electron chi connectivity index (χ1n) is 8.46. The van der Waals surface area contributed by atoms with E-state index < -0.39 is 0 Å². The van der Waals surface area contributed by atoms with Crippen LogP contribution < -0.4 is 15.4 Å². The number of hydrogen-bond donors (Lipinski definition) is 2. The summed E-state index contributed by atoms with van der Waals surface area (Å²) >= 11 is 6.14. The Labute approximate surface area is 158 Å². The fourth-order valence-corrected chi connectivity index (χ4v) is 2.80. The number of rotatable bonds is 8. The van der Waals surface area contributed by atoms with Gasteiger partial charge in [0.2, 0.25) is 5.95 Å². The van der Waals surface area contributed by atoms with Crippen LogP contribution in [-0.4, -0.2) is 23.6 Å². The van der Waals surface area contributed by atoms with Gasteiger partial charge in [-0.15, -0.1) is 0 Å². The van der Waals surface area contributed by atoms with Crippen LogP contribution >= 0.6 is 11.6 Å². The van der Waals surface area contributed by atoms with Crippen LogP contribution in [0.5, 0.6) is 5.75 Å². The van der Waals surface area contributed by atoms with E-state index in [1.54, 1.807) is 25.4 Å². The van der Waals surface area contributed by atoms with Gasteiger partial charge in [-0.1, -0.05) is 41.9 Å². The van der Waals surface area contributed by atoms with E-state index in [4.69, 9.17) is 16.3 Å².